The molecule has 25 heavy (non-hydrogen) atoms. The first-order chi connectivity index (χ1) is 11.3. The summed E-state index contributed by atoms with van der Waals surface area (Å²) in [5, 5.41) is 3.15. The first-order valence-electron chi connectivity index (χ1n) is 6.35. The maximum absolute atomic E-state index is 14.1. The molecular weight excluding hydrogens is 442 g/mol. The molecule has 0 saturated carbocycles. The fourth-order valence-electron chi connectivity index (χ4n) is 1.90. The zero-order chi connectivity index (χ0) is 19.2. The molecule has 0 fully saturated rings. The first-order valence-corrected chi connectivity index (χ1v) is 8.88. The molecule has 0 aliphatic rings. The van der Waals surface area contributed by atoms with Crippen LogP contribution in [0.3, 0.4) is 0 Å². The molecule has 0 aliphatic heterocycles. The second-order valence-corrected chi connectivity index (χ2v) is 7.38. The number of hydrogen-bond donors (Lipinski definition) is 0. The predicted molar refractivity (Wildman–Crippen MR) is 76.6 cm³/mol. The maximum atomic E-state index is 14.1. The second-order valence-electron chi connectivity index (χ2n) is 4.88. The second kappa shape index (κ2) is 6.80. The van der Waals surface area contributed by atoms with Crippen molar-refractivity contribution in [2.75, 3.05) is 5.75 Å². The molecule has 2 aromatic rings. The van der Waals surface area contributed by atoms with E-state index < -0.39 is 46.6 Å². The number of nitrogens with zero attached hydrogens (tertiary/aromatic N) is 3. The van der Waals surface area contributed by atoms with Crippen LogP contribution in [-0.4, -0.2) is 48.1 Å². The quantitative estimate of drug-likeness (QED) is 0.406. The van der Waals surface area contributed by atoms with Crippen LogP contribution in [0, 0.1) is 12.7 Å². The molecule has 4 nitrogen and oxygen atoms in total. The molecule has 0 N–H and O–H groups in total. The standard InChI is InChI=1S/C12H9AsF7N3OS/c1-5-2-6(14)7(3-8(5)25(24)4-11(15,16)17)23-10(13)21-9(22-23)12(18,19)20/h2-3H,4,13H2,1H3. The van der Waals surface area contributed by atoms with E-state index in [2.05, 4.69) is 10.1 Å². The third-order valence-corrected chi connectivity index (χ3v) is 5.20. The van der Waals surface area contributed by atoms with E-state index in [0.717, 1.165) is 12.1 Å². The van der Waals surface area contributed by atoms with Gasteiger partial charge >= 0.3 is 148 Å². The molecule has 2 atom stereocenters. The van der Waals surface area contributed by atoms with E-state index in [1.807, 2.05) is 0 Å². The van der Waals surface area contributed by atoms with Crippen molar-refractivity contribution in [3.63, 3.8) is 0 Å². The third kappa shape index (κ3) is 4.67. The van der Waals surface area contributed by atoms with Crippen LogP contribution in [0.25, 0.3) is 5.69 Å². The van der Waals surface area contributed by atoms with Gasteiger partial charge in [0.05, 0.1) is 0 Å². The van der Waals surface area contributed by atoms with Gasteiger partial charge in [0.25, 0.3) is 0 Å². The summed E-state index contributed by atoms with van der Waals surface area (Å²) in [7, 11) is 0. The number of alkyl halides is 6. The molecule has 0 radical (unpaired) electrons. The number of rotatable bonds is 3. The van der Waals surface area contributed by atoms with E-state index in [9.17, 15) is 35.3 Å². The normalized spacial score (nSPS) is 14.0. The van der Waals surface area contributed by atoms with E-state index in [1.54, 1.807) is 0 Å². The van der Waals surface area contributed by atoms with Gasteiger partial charge in [0.1, 0.15) is 0 Å². The van der Waals surface area contributed by atoms with Crippen molar-refractivity contribution >= 4 is 32.6 Å². The Morgan fingerprint density at radius 2 is 1.80 bits per heavy atom. The van der Waals surface area contributed by atoms with Crippen LogP contribution in [0.2, 0.25) is 0 Å². The molecule has 0 amide bonds. The summed E-state index contributed by atoms with van der Waals surface area (Å²) in [4.78, 5) is 2.84. The van der Waals surface area contributed by atoms with Gasteiger partial charge in [-0.05, 0) is 0 Å². The van der Waals surface area contributed by atoms with Gasteiger partial charge < -0.3 is 0 Å². The Balaban J connectivity index is 2.53. The van der Waals surface area contributed by atoms with Crippen molar-refractivity contribution in [3.05, 3.63) is 29.3 Å². The van der Waals surface area contributed by atoms with Crippen LogP contribution in [0.15, 0.2) is 17.0 Å². The summed E-state index contributed by atoms with van der Waals surface area (Å²) < 4.78 is 101. The summed E-state index contributed by atoms with van der Waals surface area (Å²) in [6, 6.07) is 1.59. The molecular formula is C12H9AsF7N3OS. The fraction of sp³-hybridized carbons (Fsp3) is 0.333. The van der Waals surface area contributed by atoms with Gasteiger partial charge in [-0.15, -0.1) is 0 Å². The molecule has 0 spiro atoms. The summed E-state index contributed by atoms with van der Waals surface area (Å²) in [6.07, 6.45) is -9.59. The van der Waals surface area contributed by atoms with E-state index in [0.29, 0.717) is 21.5 Å². The van der Waals surface area contributed by atoms with E-state index in [-0.39, 0.29) is 15.1 Å². The summed E-state index contributed by atoms with van der Waals surface area (Å²) in [6.45, 7) is 1.25. The Hall–Kier alpha value is -1.26. The topological polar surface area (TPSA) is 53.8 Å². The molecule has 1 heterocycles. The van der Waals surface area contributed by atoms with E-state index in [1.165, 1.54) is 6.92 Å². The van der Waals surface area contributed by atoms with Crippen molar-refractivity contribution in [2.45, 2.75) is 24.2 Å². The number of hydrogen-bond acceptors (Lipinski definition) is 3. The average molecular weight is 451 g/mol. The number of aromatic nitrogens is 3. The van der Waals surface area contributed by atoms with Crippen LogP contribution in [0.4, 0.5) is 30.7 Å². The van der Waals surface area contributed by atoms with E-state index in [4.69, 9.17) is 0 Å². The molecule has 13 heteroatoms. The molecule has 1 aromatic carbocycles. The zero-order valence-electron chi connectivity index (χ0n) is 12.2. The molecule has 0 bridgehead atoms. The molecule has 138 valence electrons. The van der Waals surface area contributed by atoms with Crippen molar-refractivity contribution in [3.8, 4) is 5.69 Å². The van der Waals surface area contributed by atoms with Gasteiger partial charge in [-0.1, -0.05) is 0 Å². The molecule has 1 aromatic heterocycles. The van der Waals surface area contributed by atoms with Gasteiger partial charge in [0.2, 0.25) is 0 Å². The summed E-state index contributed by atoms with van der Waals surface area (Å²) >= 11 is -1.94. The fourth-order valence-corrected chi connectivity index (χ4v) is 3.68. The van der Waals surface area contributed by atoms with Crippen molar-refractivity contribution < 1.29 is 35.3 Å². The molecule has 0 aliphatic carbocycles. The molecule has 0 saturated heterocycles. The Bertz CT molecular complexity index is 790. The number of aryl methyl sites for hydroxylation is 1. The number of benzene rings is 1. The molecule has 2 unspecified atom stereocenters. The summed E-state index contributed by atoms with van der Waals surface area (Å²) in [5.41, 5.74) is -0.582. The molecule has 2 rings (SSSR count). The van der Waals surface area contributed by atoms with Gasteiger partial charge in [-0.3, -0.25) is 0 Å². The number of halogens is 7. The van der Waals surface area contributed by atoms with E-state index >= 15 is 0 Å². The predicted octanol–water partition coefficient (Wildman–Crippen LogP) is 1.66. The van der Waals surface area contributed by atoms with Gasteiger partial charge in [0.15, 0.2) is 0 Å². The Labute approximate surface area is 148 Å². The Kier molecular flexibility index (Phi) is 5.46. The van der Waals surface area contributed by atoms with Gasteiger partial charge in [-0.25, -0.2) is 0 Å². The Morgan fingerprint density at radius 3 is 2.28 bits per heavy atom. The van der Waals surface area contributed by atoms with Crippen LogP contribution in [-0.2, 0) is 17.4 Å². The van der Waals surface area contributed by atoms with Crippen molar-refractivity contribution in [1.29, 1.82) is 0 Å². The zero-order valence-corrected chi connectivity index (χ0v) is 15.5. The van der Waals surface area contributed by atoms with Gasteiger partial charge in [0, 0.05) is 0 Å². The average Bonchev–Trinajstić information content (AvgIpc) is 2.78. The van der Waals surface area contributed by atoms with Gasteiger partial charge in [-0.2, -0.15) is 0 Å². The van der Waals surface area contributed by atoms with Crippen molar-refractivity contribution in [2.24, 2.45) is 0 Å². The van der Waals surface area contributed by atoms with Crippen LogP contribution in [0.5, 0.6) is 0 Å². The Morgan fingerprint density at radius 1 is 1.20 bits per heavy atom. The van der Waals surface area contributed by atoms with Crippen LogP contribution >= 0.6 is 0 Å². The van der Waals surface area contributed by atoms with Crippen molar-refractivity contribution in [1.82, 2.24) is 14.8 Å². The monoisotopic (exact) mass is 451 g/mol. The minimum absolute atomic E-state index is 0.0249. The van der Waals surface area contributed by atoms with Crippen LogP contribution < -0.4 is 4.61 Å². The first kappa shape index (κ1) is 20.1. The third-order valence-electron chi connectivity index (χ3n) is 2.90. The van der Waals surface area contributed by atoms with Crippen LogP contribution in [0.1, 0.15) is 11.4 Å². The summed E-state index contributed by atoms with van der Waals surface area (Å²) in [5.74, 6) is -4.19. The minimum atomic E-state index is -4.87. The SMILES string of the molecule is Cc1cc(F)c(-n2nc(C(F)(F)F)nc2[AsH2])cc1[S+]([O-])CC(F)(F)F.